The summed E-state index contributed by atoms with van der Waals surface area (Å²) in [6.45, 7) is 0.416. The number of benzene rings is 1. The van der Waals surface area contributed by atoms with Crippen LogP contribution in [0.3, 0.4) is 0 Å². The fraction of sp³-hybridized carbons (Fsp3) is 0.471. The standard InChI is InChI=1S/C17H22N4O5/c1-23-7-10-14-13(9(6-18)16(19)26-17(14)21-20-10)8-4-11(24-2)15(22)12(5-8)25-3/h4-5,10,13-14,17,20-22H,7,19H2,1-3H3. The first-order valence-electron chi connectivity index (χ1n) is 8.07. The van der Waals surface area contributed by atoms with E-state index in [1.54, 1.807) is 19.2 Å². The number of nitrogens with one attached hydrogen (secondary N) is 2. The van der Waals surface area contributed by atoms with Crippen LogP contribution in [0, 0.1) is 17.2 Å². The van der Waals surface area contributed by atoms with Crippen LogP contribution >= 0.6 is 0 Å². The van der Waals surface area contributed by atoms with E-state index >= 15 is 0 Å². The van der Waals surface area contributed by atoms with Gasteiger partial charge in [-0.05, 0) is 17.7 Å². The van der Waals surface area contributed by atoms with Gasteiger partial charge in [0.2, 0.25) is 11.6 Å². The maximum Gasteiger partial charge on any atom is 0.200 e. The van der Waals surface area contributed by atoms with Crippen molar-refractivity contribution in [3.05, 3.63) is 29.2 Å². The molecular weight excluding hydrogens is 340 g/mol. The first kappa shape index (κ1) is 18.1. The maximum absolute atomic E-state index is 10.2. The van der Waals surface area contributed by atoms with Gasteiger partial charge in [-0.3, -0.25) is 0 Å². The number of methoxy groups -OCH3 is 3. The third-order valence-corrected chi connectivity index (χ3v) is 4.77. The molecular formula is C17H22N4O5. The lowest BCUT2D eigenvalue weighted by Crippen LogP contribution is -2.42. The van der Waals surface area contributed by atoms with Gasteiger partial charge in [0.15, 0.2) is 17.7 Å². The molecule has 4 unspecified atom stereocenters. The summed E-state index contributed by atoms with van der Waals surface area (Å²) < 4.78 is 21.5. The molecule has 1 aromatic rings. The molecule has 2 aliphatic heterocycles. The minimum Gasteiger partial charge on any atom is -0.502 e. The number of nitriles is 1. The second-order valence-electron chi connectivity index (χ2n) is 6.11. The zero-order valence-corrected chi connectivity index (χ0v) is 14.8. The zero-order valence-electron chi connectivity index (χ0n) is 14.8. The Kier molecular flexibility index (Phi) is 5.08. The van der Waals surface area contributed by atoms with Gasteiger partial charge >= 0.3 is 0 Å². The van der Waals surface area contributed by atoms with Crippen LogP contribution in [0.1, 0.15) is 11.5 Å². The number of phenolic OH excluding ortho intramolecular Hbond substituents is 1. The Balaban J connectivity index is 2.15. The van der Waals surface area contributed by atoms with Crippen molar-refractivity contribution in [1.29, 1.82) is 5.26 Å². The Bertz CT molecular complexity index is 735. The second kappa shape index (κ2) is 7.29. The van der Waals surface area contributed by atoms with Crippen LogP contribution in [0.2, 0.25) is 0 Å². The molecule has 1 fully saturated rings. The van der Waals surface area contributed by atoms with Crippen molar-refractivity contribution >= 4 is 0 Å². The van der Waals surface area contributed by atoms with E-state index in [4.69, 9.17) is 24.7 Å². The molecule has 0 aromatic heterocycles. The zero-order chi connectivity index (χ0) is 18.8. The number of phenols is 1. The van der Waals surface area contributed by atoms with Crippen molar-refractivity contribution < 1.29 is 24.1 Å². The first-order chi connectivity index (χ1) is 12.5. The van der Waals surface area contributed by atoms with Crippen molar-refractivity contribution in [3.63, 3.8) is 0 Å². The highest BCUT2D eigenvalue weighted by Crippen LogP contribution is 2.47. The van der Waals surface area contributed by atoms with Crippen LogP contribution in [-0.2, 0) is 9.47 Å². The van der Waals surface area contributed by atoms with Gasteiger partial charge < -0.3 is 29.8 Å². The Morgan fingerprint density at radius 3 is 2.42 bits per heavy atom. The van der Waals surface area contributed by atoms with Gasteiger partial charge in [-0.25, -0.2) is 10.9 Å². The fourth-order valence-electron chi connectivity index (χ4n) is 3.59. The number of hydrogen-bond donors (Lipinski definition) is 4. The molecule has 140 valence electrons. The van der Waals surface area contributed by atoms with Crippen LogP contribution in [0.15, 0.2) is 23.6 Å². The molecule has 4 atom stereocenters. The molecule has 1 aromatic carbocycles. The highest BCUT2D eigenvalue weighted by molar-refractivity contribution is 5.56. The summed E-state index contributed by atoms with van der Waals surface area (Å²) in [6, 6.07) is 5.40. The maximum atomic E-state index is 10.2. The third-order valence-electron chi connectivity index (χ3n) is 4.77. The van der Waals surface area contributed by atoms with E-state index < -0.39 is 12.1 Å². The topological polar surface area (TPSA) is 131 Å². The molecule has 0 aliphatic carbocycles. The number of rotatable bonds is 5. The summed E-state index contributed by atoms with van der Waals surface area (Å²) in [7, 11) is 4.51. The molecule has 1 saturated heterocycles. The molecule has 5 N–H and O–H groups in total. The van der Waals surface area contributed by atoms with Crippen LogP contribution in [0.25, 0.3) is 0 Å². The minimum atomic E-state index is -0.428. The number of hydrazine groups is 1. The summed E-state index contributed by atoms with van der Waals surface area (Å²) in [5.41, 5.74) is 13.2. The van der Waals surface area contributed by atoms with Crippen molar-refractivity contribution in [3.8, 4) is 23.3 Å². The van der Waals surface area contributed by atoms with Gasteiger partial charge in [-0.15, -0.1) is 0 Å². The van der Waals surface area contributed by atoms with E-state index in [2.05, 4.69) is 16.9 Å². The molecule has 0 amide bonds. The van der Waals surface area contributed by atoms with Gasteiger partial charge in [0, 0.05) is 18.9 Å². The molecule has 3 rings (SSSR count). The lowest BCUT2D eigenvalue weighted by Gasteiger charge is -2.35. The molecule has 0 spiro atoms. The number of nitrogens with two attached hydrogens (primary N) is 1. The molecule has 2 aliphatic rings. The highest BCUT2D eigenvalue weighted by atomic mass is 16.5. The number of allylic oxidation sites excluding steroid dienone is 1. The number of fused-ring (bicyclic) bond motifs is 1. The number of aromatic hydroxyl groups is 1. The second-order valence-corrected chi connectivity index (χ2v) is 6.11. The number of hydrogen-bond acceptors (Lipinski definition) is 9. The fourth-order valence-corrected chi connectivity index (χ4v) is 3.59. The van der Waals surface area contributed by atoms with Gasteiger partial charge in [0.25, 0.3) is 0 Å². The summed E-state index contributed by atoms with van der Waals surface area (Å²) in [4.78, 5) is 0. The molecule has 9 heteroatoms. The Morgan fingerprint density at radius 2 is 1.88 bits per heavy atom. The molecule has 2 heterocycles. The van der Waals surface area contributed by atoms with Crippen LogP contribution in [0.4, 0.5) is 0 Å². The largest absolute Gasteiger partial charge is 0.502 e. The van der Waals surface area contributed by atoms with Crippen molar-refractivity contribution in [1.82, 2.24) is 10.9 Å². The summed E-state index contributed by atoms with van der Waals surface area (Å²) in [5, 5.41) is 19.9. The van der Waals surface area contributed by atoms with E-state index in [1.807, 2.05) is 0 Å². The van der Waals surface area contributed by atoms with Crippen LogP contribution < -0.4 is 26.1 Å². The normalized spacial score (nSPS) is 27.5. The van der Waals surface area contributed by atoms with E-state index in [9.17, 15) is 10.4 Å². The van der Waals surface area contributed by atoms with E-state index in [-0.39, 0.29) is 35.1 Å². The van der Waals surface area contributed by atoms with Crippen molar-refractivity contribution in [2.75, 3.05) is 27.9 Å². The lowest BCUT2D eigenvalue weighted by molar-refractivity contribution is 0.0278. The monoisotopic (exact) mass is 362 g/mol. The van der Waals surface area contributed by atoms with E-state index in [0.29, 0.717) is 12.2 Å². The Morgan fingerprint density at radius 1 is 1.23 bits per heavy atom. The average Bonchev–Trinajstić information content (AvgIpc) is 3.03. The van der Waals surface area contributed by atoms with Crippen LogP contribution in [-0.4, -0.2) is 45.3 Å². The molecule has 0 saturated carbocycles. The summed E-state index contributed by atoms with van der Waals surface area (Å²) in [6.07, 6.45) is -0.428. The summed E-state index contributed by atoms with van der Waals surface area (Å²) in [5.74, 6) is -0.104. The number of ether oxygens (including phenoxy) is 4. The highest BCUT2D eigenvalue weighted by Gasteiger charge is 2.49. The Labute approximate surface area is 151 Å². The lowest BCUT2D eigenvalue weighted by atomic mass is 9.75. The molecule has 0 radical (unpaired) electrons. The molecule has 26 heavy (non-hydrogen) atoms. The van der Waals surface area contributed by atoms with Crippen molar-refractivity contribution in [2.45, 2.75) is 18.2 Å². The molecule has 9 nitrogen and oxygen atoms in total. The summed E-state index contributed by atoms with van der Waals surface area (Å²) >= 11 is 0. The van der Waals surface area contributed by atoms with Gasteiger partial charge in [0.05, 0.1) is 32.4 Å². The predicted molar refractivity (Wildman–Crippen MR) is 91.1 cm³/mol. The SMILES string of the molecule is COCC1NNC2OC(N)=C(C#N)C(c3cc(OC)c(O)c(OC)c3)C12. The quantitative estimate of drug-likeness (QED) is 0.583. The van der Waals surface area contributed by atoms with Gasteiger partial charge in [0.1, 0.15) is 6.07 Å². The third kappa shape index (κ3) is 2.88. The minimum absolute atomic E-state index is 0.0668. The molecule has 0 bridgehead atoms. The predicted octanol–water partition coefficient (Wildman–Crippen LogP) is 0.282. The van der Waals surface area contributed by atoms with E-state index in [1.165, 1.54) is 14.2 Å². The average molecular weight is 362 g/mol. The van der Waals surface area contributed by atoms with Crippen molar-refractivity contribution in [2.24, 2.45) is 11.7 Å². The smallest absolute Gasteiger partial charge is 0.200 e. The van der Waals surface area contributed by atoms with E-state index in [0.717, 1.165) is 5.56 Å². The first-order valence-corrected chi connectivity index (χ1v) is 8.07. The Hall–Kier alpha value is -2.67. The van der Waals surface area contributed by atoms with Gasteiger partial charge in [-0.1, -0.05) is 0 Å². The van der Waals surface area contributed by atoms with Gasteiger partial charge in [-0.2, -0.15) is 5.26 Å². The number of nitrogens with zero attached hydrogens (tertiary/aromatic N) is 1. The van der Waals surface area contributed by atoms with Crippen LogP contribution in [0.5, 0.6) is 17.2 Å².